The zero-order chi connectivity index (χ0) is 15.3. The van der Waals surface area contributed by atoms with Gasteiger partial charge in [0.05, 0.1) is 6.42 Å². The van der Waals surface area contributed by atoms with E-state index >= 15 is 0 Å². The molecule has 21 heavy (non-hydrogen) atoms. The van der Waals surface area contributed by atoms with E-state index in [9.17, 15) is 13.2 Å². The van der Waals surface area contributed by atoms with Crippen LogP contribution in [0.2, 0.25) is 0 Å². The van der Waals surface area contributed by atoms with Gasteiger partial charge in [-0.2, -0.15) is 13.2 Å². The maximum Gasteiger partial charge on any atom is 0.389 e. The fraction of sp³-hybridized carbons (Fsp3) is 0.357. The van der Waals surface area contributed by atoms with Crippen LogP contribution in [0.15, 0.2) is 47.6 Å². The maximum absolute atomic E-state index is 12.2. The molecule has 3 nitrogen and oxygen atoms in total. The third kappa shape index (κ3) is 5.34. The normalized spacial score (nSPS) is 18.7. The van der Waals surface area contributed by atoms with E-state index in [1.807, 2.05) is 35.2 Å². The molecule has 1 heterocycles. The van der Waals surface area contributed by atoms with Crippen LogP contribution in [0.1, 0.15) is 12.0 Å². The lowest BCUT2D eigenvalue weighted by Crippen LogP contribution is -2.32. The molecule has 0 amide bonds. The number of nitrogens with zero attached hydrogens (tertiary/aromatic N) is 2. The van der Waals surface area contributed by atoms with Crippen molar-refractivity contribution >= 4 is 17.6 Å². The zero-order valence-electron chi connectivity index (χ0n) is 11.3. The fourth-order valence-electron chi connectivity index (χ4n) is 1.83. The minimum atomic E-state index is -4.14. The van der Waals surface area contributed by atoms with E-state index in [1.165, 1.54) is 0 Å². The van der Waals surface area contributed by atoms with Gasteiger partial charge in [-0.25, -0.2) is 4.99 Å². The van der Waals surface area contributed by atoms with Gasteiger partial charge in [0.15, 0.2) is 5.50 Å². The van der Waals surface area contributed by atoms with Gasteiger partial charge >= 0.3 is 6.18 Å². The van der Waals surface area contributed by atoms with Crippen molar-refractivity contribution in [2.24, 2.45) is 10.7 Å². The molecule has 1 unspecified atom stereocenters. The van der Waals surface area contributed by atoms with Crippen molar-refractivity contribution in [3.8, 4) is 0 Å². The number of nitrogens with two attached hydrogens (primary N) is 1. The van der Waals surface area contributed by atoms with Crippen molar-refractivity contribution in [3.63, 3.8) is 0 Å². The highest BCUT2D eigenvalue weighted by Crippen LogP contribution is 2.27. The molecule has 0 radical (unpaired) electrons. The summed E-state index contributed by atoms with van der Waals surface area (Å²) in [4.78, 5) is 6.09. The van der Waals surface area contributed by atoms with E-state index in [-0.39, 0.29) is 5.75 Å². The van der Waals surface area contributed by atoms with E-state index in [4.69, 9.17) is 5.73 Å². The molecule has 1 atom stereocenters. The summed E-state index contributed by atoms with van der Waals surface area (Å²) in [5.41, 5.74) is 6.29. The summed E-state index contributed by atoms with van der Waals surface area (Å²) in [6, 6.07) is 9.69. The van der Waals surface area contributed by atoms with E-state index in [0.29, 0.717) is 12.4 Å². The van der Waals surface area contributed by atoms with Gasteiger partial charge in [-0.3, -0.25) is 0 Å². The van der Waals surface area contributed by atoms with Crippen molar-refractivity contribution in [1.82, 2.24) is 4.90 Å². The van der Waals surface area contributed by atoms with Gasteiger partial charge in [-0.1, -0.05) is 30.3 Å². The molecular weight excluding hydrogens is 299 g/mol. The number of rotatable bonds is 5. The van der Waals surface area contributed by atoms with Crippen molar-refractivity contribution < 1.29 is 13.2 Å². The molecular formula is C14H16F3N3S. The summed E-state index contributed by atoms with van der Waals surface area (Å²) >= 11 is 1.14. The molecule has 2 rings (SSSR count). The second-order valence-corrected chi connectivity index (χ2v) is 5.75. The Balaban J connectivity index is 1.96. The Kier molecular flexibility index (Phi) is 5.17. The Labute approximate surface area is 125 Å². The minimum absolute atomic E-state index is 0.0376. The lowest BCUT2D eigenvalue weighted by Gasteiger charge is -2.30. The van der Waals surface area contributed by atoms with Gasteiger partial charge < -0.3 is 10.6 Å². The molecule has 0 fully saturated rings. The van der Waals surface area contributed by atoms with Crippen molar-refractivity contribution in [2.45, 2.75) is 24.6 Å². The molecule has 0 aromatic heterocycles. The first-order valence-electron chi connectivity index (χ1n) is 6.43. The van der Waals surface area contributed by atoms with Crippen molar-refractivity contribution in [1.29, 1.82) is 0 Å². The van der Waals surface area contributed by atoms with Crippen LogP contribution in [0.4, 0.5) is 13.2 Å². The summed E-state index contributed by atoms with van der Waals surface area (Å²) < 4.78 is 36.7. The highest BCUT2D eigenvalue weighted by molar-refractivity contribution is 7.99. The van der Waals surface area contributed by atoms with Gasteiger partial charge in [-0.05, 0) is 11.6 Å². The quantitative estimate of drug-likeness (QED) is 0.906. The molecule has 0 aliphatic carbocycles. The third-order valence-corrected chi connectivity index (χ3v) is 3.95. The Morgan fingerprint density at radius 1 is 1.24 bits per heavy atom. The van der Waals surface area contributed by atoms with Crippen molar-refractivity contribution in [3.05, 3.63) is 48.2 Å². The average Bonchev–Trinajstić information content (AvgIpc) is 2.41. The van der Waals surface area contributed by atoms with Crippen LogP contribution in [-0.4, -0.2) is 28.2 Å². The summed E-state index contributed by atoms with van der Waals surface area (Å²) in [5, 5.41) is 0. The van der Waals surface area contributed by atoms with E-state index < -0.39 is 18.1 Å². The Bertz CT molecular complexity index is 514. The first-order chi connectivity index (χ1) is 9.94. The molecule has 0 saturated carbocycles. The first-order valence-corrected chi connectivity index (χ1v) is 7.48. The number of aliphatic imine (C=N–C) groups is 1. The predicted molar refractivity (Wildman–Crippen MR) is 79.7 cm³/mol. The molecule has 0 spiro atoms. The Morgan fingerprint density at radius 2 is 1.95 bits per heavy atom. The molecule has 1 aromatic rings. The number of hydrogen-bond donors (Lipinski definition) is 1. The number of halogens is 3. The lowest BCUT2D eigenvalue weighted by atomic mass is 10.2. The van der Waals surface area contributed by atoms with Crippen LogP contribution in [0.5, 0.6) is 0 Å². The number of hydrogen-bond acceptors (Lipinski definition) is 4. The fourth-order valence-corrected chi connectivity index (χ4v) is 2.92. The van der Waals surface area contributed by atoms with Crippen LogP contribution < -0.4 is 5.73 Å². The van der Waals surface area contributed by atoms with Crippen LogP contribution in [0.25, 0.3) is 0 Å². The van der Waals surface area contributed by atoms with Crippen LogP contribution in [0.3, 0.4) is 0 Å². The van der Waals surface area contributed by atoms with Crippen LogP contribution in [-0.2, 0) is 6.54 Å². The largest absolute Gasteiger partial charge is 0.389 e. The number of benzene rings is 1. The SMILES string of the molecule is NC1=NC(SCCC(F)(F)F)N(Cc2ccccc2)C=C1. The second-order valence-electron chi connectivity index (χ2n) is 4.59. The topological polar surface area (TPSA) is 41.6 Å². The number of alkyl halides is 3. The third-order valence-electron chi connectivity index (χ3n) is 2.84. The predicted octanol–water partition coefficient (Wildman–Crippen LogP) is 3.34. The van der Waals surface area contributed by atoms with E-state index in [0.717, 1.165) is 17.3 Å². The van der Waals surface area contributed by atoms with E-state index in [2.05, 4.69) is 4.99 Å². The summed E-state index contributed by atoms with van der Waals surface area (Å²) in [6.45, 7) is 0.581. The van der Waals surface area contributed by atoms with Crippen LogP contribution in [0, 0.1) is 0 Å². The molecule has 0 bridgehead atoms. The van der Waals surface area contributed by atoms with Crippen molar-refractivity contribution in [2.75, 3.05) is 5.75 Å². The lowest BCUT2D eigenvalue weighted by molar-refractivity contribution is -0.129. The minimum Gasteiger partial charge on any atom is -0.384 e. The summed E-state index contributed by atoms with van der Waals surface area (Å²) in [6.07, 6.45) is -1.53. The molecule has 0 saturated heterocycles. The van der Waals surface area contributed by atoms with Crippen LogP contribution >= 0.6 is 11.8 Å². The first kappa shape index (κ1) is 15.8. The summed E-state index contributed by atoms with van der Waals surface area (Å²) in [5.74, 6) is 0.299. The Hall–Kier alpha value is -1.63. The maximum atomic E-state index is 12.2. The molecule has 1 aliphatic heterocycles. The molecule has 2 N–H and O–H groups in total. The van der Waals surface area contributed by atoms with Gasteiger partial charge in [-0.15, -0.1) is 11.8 Å². The molecule has 114 valence electrons. The standard InChI is InChI=1S/C14H16F3N3S/c15-14(16,17)7-9-21-13-19-12(18)6-8-20(13)10-11-4-2-1-3-5-11/h1-6,8,13H,7,9-10H2,(H2,18,19). The number of amidine groups is 1. The highest BCUT2D eigenvalue weighted by atomic mass is 32.2. The summed E-state index contributed by atoms with van der Waals surface area (Å²) in [7, 11) is 0. The Morgan fingerprint density at radius 3 is 2.62 bits per heavy atom. The number of thioether (sulfide) groups is 1. The molecule has 1 aromatic carbocycles. The smallest absolute Gasteiger partial charge is 0.384 e. The van der Waals surface area contributed by atoms with Gasteiger partial charge in [0.2, 0.25) is 0 Å². The van der Waals surface area contributed by atoms with E-state index in [1.54, 1.807) is 12.3 Å². The zero-order valence-corrected chi connectivity index (χ0v) is 12.1. The average molecular weight is 315 g/mol. The highest BCUT2D eigenvalue weighted by Gasteiger charge is 2.28. The molecule has 7 heteroatoms. The van der Waals surface area contributed by atoms with Gasteiger partial charge in [0.25, 0.3) is 0 Å². The van der Waals surface area contributed by atoms with Gasteiger partial charge in [0.1, 0.15) is 5.84 Å². The monoisotopic (exact) mass is 315 g/mol. The second kappa shape index (κ2) is 6.89. The molecule has 1 aliphatic rings. The van der Waals surface area contributed by atoms with Gasteiger partial charge in [0, 0.05) is 18.5 Å².